The van der Waals surface area contributed by atoms with Crippen LogP contribution < -0.4 is 5.32 Å². The third-order valence-electron chi connectivity index (χ3n) is 5.42. The highest BCUT2D eigenvalue weighted by atomic mass is 32.2. The molecule has 1 N–H and O–H groups in total. The molecule has 0 spiro atoms. The maximum Gasteiger partial charge on any atom is 0.193 e. The quantitative estimate of drug-likeness (QED) is 0.505. The van der Waals surface area contributed by atoms with Crippen LogP contribution in [0.4, 0.5) is 0 Å². The van der Waals surface area contributed by atoms with Crippen molar-refractivity contribution in [2.24, 2.45) is 4.99 Å². The van der Waals surface area contributed by atoms with Gasteiger partial charge in [-0.25, -0.2) is 8.42 Å². The van der Waals surface area contributed by atoms with Gasteiger partial charge in [-0.3, -0.25) is 4.99 Å². The van der Waals surface area contributed by atoms with Gasteiger partial charge in [-0.15, -0.1) is 0 Å². The molecule has 0 aliphatic carbocycles. The van der Waals surface area contributed by atoms with E-state index in [1.165, 1.54) is 12.8 Å². The van der Waals surface area contributed by atoms with Gasteiger partial charge in [-0.05, 0) is 59.8 Å². The normalized spacial score (nSPS) is 23.1. The number of likely N-dealkylation sites (tertiary alicyclic amines) is 1. The van der Waals surface area contributed by atoms with Gasteiger partial charge in [0.05, 0.1) is 35.9 Å². The summed E-state index contributed by atoms with van der Waals surface area (Å²) in [5.74, 6) is 0.882. The molecule has 0 radical (unpaired) electrons. The Morgan fingerprint density at radius 2 is 1.93 bits per heavy atom. The van der Waals surface area contributed by atoms with Crippen molar-refractivity contribution in [2.45, 2.75) is 76.8 Å². The summed E-state index contributed by atoms with van der Waals surface area (Å²) in [5, 5.41) is 3.30. The molecule has 0 amide bonds. The van der Waals surface area contributed by atoms with E-state index in [2.05, 4.69) is 15.2 Å². The van der Waals surface area contributed by atoms with Gasteiger partial charge in [0.2, 0.25) is 0 Å². The first-order valence-electron chi connectivity index (χ1n) is 10.7. The van der Waals surface area contributed by atoms with Gasteiger partial charge in [-0.1, -0.05) is 0 Å². The summed E-state index contributed by atoms with van der Waals surface area (Å²) >= 11 is 0. The highest BCUT2D eigenvalue weighted by Crippen LogP contribution is 2.18. The van der Waals surface area contributed by atoms with Crippen molar-refractivity contribution in [2.75, 3.05) is 45.1 Å². The second-order valence-electron chi connectivity index (χ2n) is 8.68. The molecule has 2 aliphatic rings. The van der Waals surface area contributed by atoms with E-state index in [1.54, 1.807) is 20.8 Å². The highest BCUT2D eigenvalue weighted by Gasteiger charge is 2.28. The van der Waals surface area contributed by atoms with Gasteiger partial charge in [0, 0.05) is 26.2 Å². The van der Waals surface area contributed by atoms with E-state index in [0.717, 1.165) is 51.5 Å². The van der Waals surface area contributed by atoms with E-state index < -0.39 is 14.6 Å². The van der Waals surface area contributed by atoms with Crippen LogP contribution in [-0.2, 0) is 19.3 Å². The summed E-state index contributed by atoms with van der Waals surface area (Å²) in [5.41, 5.74) is 0. The number of nitrogens with one attached hydrogen (secondary N) is 1. The van der Waals surface area contributed by atoms with Crippen molar-refractivity contribution in [3.05, 3.63) is 0 Å². The summed E-state index contributed by atoms with van der Waals surface area (Å²) < 4.78 is 35.7. The molecule has 2 rings (SSSR count). The molecular formula is C20H39N3O4S. The fourth-order valence-electron chi connectivity index (χ4n) is 3.42. The Morgan fingerprint density at radius 3 is 2.50 bits per heavy atom. The van der Waals surface area contributed by atoms with E-state index in [4.69, 9.17) is 9.47 Å². The molecule has 0 aromatic carbocycles. The number of hydrogen-bond donors (Lipinski definition) is 1. The topological polar surface area (TPSA) is 80.2 Å². The lowest BCUT2D eigenvalue weighted by molar-refractivity contribution is -0.0721. The van der Waals surface area contributed by atoms with Crippen LogP contribution in [0, 0.1) is 0 Å². The largest absolute Gasteiger partial charge is 0.376 e. The molecule has 164 valence electrons. The molecule has 1 unspecified atom stereocenters. The summed E-state index contributed by atoms with van der Waals surface area (Å²) in [7, 11) is -3.15. The second kappa shape index (κ2) is 10.8. The lowest BCUT2D eigenvalue weighted by Gasteiger charge is -2.35. The molecule has 0 aromatic rings. The molecule has 8 heteroatoms. The maximum atomic E-state index is 12.3. The number of rotatable bonds is 7. The number of hydrogen-bond acceptors (Lipinski definition) is 5. The van der Waals surface area contributed by atoms with Gasteiger partial charge in [-0.2, -0.15) is 0 Å². The van der Waals surface area contributed by atoms with Crippen LogP contribution in [0.5, 0.6) is 0 Å². The van der Waals surface area contributed by atoms with Gasteiger partial charge in [0.25, 0.3) is 0 Å². The molecule has 2 fully saturated rings. The Balaban J connectivity index is 1.79. The number of piperidine rings is 1. The Kier molecular flexibility index (Phi) is 9.02. The molecule has 0 saturated carbocycles. The smallest absolute Gasteiger partial charge is 0.193 e. The summed E-state index contributed by atoms with van der Waals surface area (Å²) in [6, 6.07) is 0. The van der Waals surface area contributed by atoms with Gasteiger partial charge < -0.3 is 19.7 Å². The van der Waals surface area contributed by atoms with Crippen LogP contribution >= 0.6 is 0 Å². The van der Waals surface area contributed by atoms with E-state index >= 15 is 0 Å². The Morgan fingerprint density at radius 1 is 1.21 bits per heavy atom. The molecular weight excluding hydrogens is 378 g/mol. The molecule has 2 saturated heterocycles. The first-order chi connectivity index (χ1) is 13.2. The van der Waals surface area contributed by atoms with Crippen molar-refractivity contribution in [1.29, 1.82) is 0 Å². The van der Waals surface area contributed by atoms with Crippen LogP contribution in [-0.4, -0.2) is 81.4 Å². The molecule has 0 bridgehead atoms. The van der Waals surface area contributed by atoms with Crippen LogP contribution in [0.3, 0.4) is 0 Å². The monoisotopic (exact) mass is 417 g/mol. The molecule has 28 heavy (non-hydrogen) atoms. The second-order valence-corrected chi connectivity index (χ2v) is 11.5. The molecule has 2 heterocycles. The number of ether oxygens (including phenoxy) is 2. The standard InChI is InChI=1S/C20H39N3O4S/c1-5-21-19(22-11-15-28(24,25)20(2,3)4)23-12-9-17(10-13-23)27-16-18-8-6-7-14-26-18/h17-18H,5-16H2,1-4H3,(H,21,22). The zero-order chi connectivity index (χ0) is 20.6. The summed E-state index contributed by atoms with van der Waals surface area (Å²) in [4.78, 5) is 6.78. The van der Waals surface area contributed by atoms with E-state index in [-0.39, 0.29) is 24.5 Å². The fraction of sp³-hybridized carbons (Fsp3) is 0.950. The number of nitrogens with zero attached hydrogens (tertiary/aromatic N) is 2. The predicted molar refractivity (Wildman–Crippen MR) is 114 cm³/mol. The minimum atomic E-state index is -3.15. The van der Waals surface area contributed by atoms with Crippen molar-refractivity contribution >= 4 is 15.8 Å². The van der Waals surface area contributed by atoms with E-state index in [0.29, 0.717) is 6.61 Å². The first-order valence-corrected chi connectivity index (χ1v) is 12.4. The van der Waals surface area contributed by atoms with Crippen molar-refractivity contribution in [3.8, 4) is 0 Å². The third-order valence-corrected chi connectivity index (χ3v) is 8.01. The first kappa shape index (κ1) is 23.4. The van der Waals surface area contributed by atoms with Crippen LogP contribution in [0.1, 0.15) is 59.8 Å². The molecule has 7 nitrogen and oxygen atoms in total. The fourth-order valence-corrected chi connectivity index (χ4v) is 4.36. The molecule has 0 aromatic heterocycles. The Bertz CT molecular complexity index is 587. The van der Waals surface area contributed by atoms with Gasteiger partial charge in [0.15, 0.2) is 15.8 Å². The van der Waals surface area contributed by atoms with Gasteiger partial charge in [0.1, 0.15) is 0 Å². The minimum Gasteiger partial charge on any atom is -0.376 e. The Hall–Kier alpha value is -0.860. The zero-order valence-corrected chi connectivity index (χ0v) is 18.9. The number of guanidine groups is 1. The SMILES string of the molecule is CCNC(=NCCS(=O)(=O)C(C)(C)C)N1CCC(OCC2CCCCO2)CC1. The molecule has 1 atom stereocenters. The summed E-state index contributed by atoms with van der Waals surface area (Å²) in [6.07, 6.45) is 5.95. The van der Waals surface area contributed by atoms with Crippen molar-refractivity contribution in [3.63, 3.8) is 0 Å². The predicted octanol–water partition coefficient (Wildman–Crippen LogP) is 2.22. The lowest BCUT2D eigenvalue weighted by atomic mass is 10.1. The number of sulfone groups is 1. The van der Waals surface area contributed by atoms with Crippen LogP contribution in [0.25, 0.3) is 0 Å². The average molecular weight is 418 g/mol. The Labute approximate surface area is 171 Å². The maximum absolute atomic E-state index is 12.3. The third kappa shape index (κ3) is 7.19. The zero-order valence-electron chi connectivity index (χ0n) is 18.1. The van der Waals surface area contributed by atoms with E-state index in [9.17, 15) is 8.42 Å². The van der Waals surface area contributed by atoms with Crippen molar-refractivity contribution < 1.29 is 17.9 Å². The van der Waals surface area contributed by atoms with Gasteiger partial charge >= 0.3 is 0 Å². The molecule has 2 aliphatic heterocycles. The summed E-state index contributed by atoms with van der Waals surface area (Å²) in [6.45, 7) is 11.6. The average Bonchev–Trinajstić information content (AvgIpc) is 2.66. The lowest BCUT2D eigenvalue weighted by Crippen LogP contribution is -2.47. The van der Waals surface area contributed by atoms with Crippen molar-refractivity contribution in [1.82, 2.24) is 10.2 Å². The minimum absolute atomic E-state index is 0.0758. The van der Waals surface area contributed by atoms with E-state index in [1.807, 2.05) is 6.92 Å². The van der Waals surface area contributed by atoms with Crippen LogP contribution in [0.15, 0.2) is 4.99 Å². The highest BCUT2D eigenvalue weighted by molar-refractivity contribution is 7.92. The van der Waals surface area contributed by atoms with Crippen LogP contribution in [0.2, 0.25) is 0 Å². The number of aliphatic imine (C=N–C) groups is 1.